The molecule has 2 unspecified atom stereocenters. The summed E-state index contributed by atoms with van der Waals surface area (Å²) in [6, 6.07) is 1.77. The molecule has 4 nitrogen and oxygen atoms in total. The Morgan fingerprint density at radius 2 is 2.00 bits per heavy atom. The lowest BCUT2D eigenvalue weighted by Crippen LogP contribution is -2.46. The Morgan fingerprint density at radius 3 is 2.62 bits per heavy atom. The number of nitrogens with two attached hydrogens (primary N) is 1. The van der Waals surface area contributed by atoms with Crippen LogP contribution in [0.25, 0.3) is 0 Å². The van der Waals surface area contributed by atoms with E-state index in [0.29, 0.717) is 18.1 Å². The molecule has 3 heterocycles. The fourth-order valence-electron chi connectivity index (χ4n) is 3.17. The van der Waals surface area contributed by atoms with Gasteiger partial charge < -0.3 is 5.73 Å². The van der Waals surface area contributed by atoms with Crippen LogP contribution in [0.15, 0.2) is 18.6 Å². The second-order valence-corrected chi connectivity index (χ2v) is 4.99. The van der Waals surface area contributed by atoms with Crippen molar-refractivity contribution < 1.29 is 0 Å². The number of aromatic nitrogens is 2. The quantitative estimate of drug-likeness (QED) is 0.802. The highest BCUT2D eigenvalue weighted by Crippen LogP contribution is 2.35. The summed E-state index contributed by atoms with van der Waals surface area (Å²) in [6.45, 7) is 0.940. The maximum absolute atomic E-state index is 6.06. The molecule has 4 heteroatoms. The van der Waals surface area contributed by atoms with Gasteiger partial charge >= 0.3 is 0 Å². The first-order valence-electron chi connectivity index (χ1n) is 6.09. The van der Waals surface area contributed by atoms with Crippen LogP contribution in [-0.4, -0.2) is 33.0 Å². The van der Waals surface area contributed by atoms with Gasteiger partial charge in [0.25, 0.3) is 0 Å². The number of nitrogens with zero attached hydrogens (tertiary/aromatic N) is 3. The summed E-state index contributed by atoms with van der Waals surface area (Å²) < 4.78 is 0. The van der Waals surface area contributed by atoms with E-state index in [2.05, 4.69) is 14.9 Å². The summed E-state index contributed by atoms with van der Waals surface area (Å²) >= 11 is 0. The number of piperidine rings is 1. The van der Waals surface area contributed by atoms with Gasteiger partial charge in [0, 0.05) is 43.3 Å². The maximum atomic E-state index is 6.06. The van der Waals surface area contributed by atoms with E-state index >= 15 is 0 Å². The first-order chi connectivity index (χ1) is 7.83. The SMILES string of the molecule is NC1CC2CCC(C1)N2Cc1cnccn1. The zero-order valence-electron chi connectivity index (χ0n) is 9.42. The Balaban J connectivity index is 1.72. The topological polar surface area (TPSA) is 55.0 Å². The normalized spacial score (nSPS) is 34.2. The van der Waals surface area contributed by atoms with E-state index in [-0.39, 0.29) is 0 Å². The van der Waals surface area contributed by atoms with Gasteiger partial charge in [0.2, 0.25) is 0 Å². The van der Waals surface area contributed by atoms with Crippen molar-refractivity contribution in [1.29, 1.82) is 0 Å². The molecule has 0 amide bonds. The van der Waals surface area contributed by atoms with Crippen molar-refractivity contribution in [3.05, 3.63) is 24.3 Å². The molecule has 2 aliphatic heterocycles. The molecule has 1 aromatic heterocycles. The molecule has 2 N–H and O–H groups in total. The largest absolute Gasteiger partial charge is 0.328 e. The predicted octanol–water partition coefficient (Wildman–Crippen LogP) is 0.931. The highest BCUT2D eigenvalue weighted by molar-refractivity contribution is 5.02. The van der Waals surface area contributed by atoms with Gasteiger partial charge in [0.15, 0.2) is 0 Å². The van der Waals surface area contributed by atoms with E-state index in [9.17, 15) is 0 Å². The van der Waals surface area contributed by atoms with E-state index in [1.165, 1.54) is 12.8 Å². The van der Waals surface area contributed by atoms with Gasteiger partial charge in [-0.25, -0.2) is 0 Å². The molecule has 86 valence electrons. The minimum Gasteiger partial charge on any atom is -0.328 e. The molecule has 3 rings (SSSR count). The number of hydrogen-bond acceptors (Lipinski definition) is 4. The van der Waals surface area contributed by atoms with Crippen LogP contribution in [0.2, 0.25) is 0 Å². The van der Waals surface area contributed by atoms with Gasteiger partial charge in [-0.15, -0.1) is 0 Å². The van der Waals surface area contributed by atoms with Crippen LogP contribution in [0.1, 0.15) is 31.4 Å². The molecule has 2 fully saturated rings. The van der Waals surface area contributed by atoms with Crippen LogP contribution in [0.5, 0.6) is 0 Å². The lowest BCUT2D eigenvalue weighted by atomic mass is 9.98. The standard InChI is InChI=1S/C12H18N4/c13-9-5-11-1-2-12(6-9)16(11)8-10-7-14-3-4-15-10/h3-4,7,9,11-12H,1-2,5-6,8,13H2. The summed E-state index contributed by atoms with van der Waals surface area (Å²) in [5, 5.41) is 0. The molecular formula is C12H18N4. The van der Waals surface area contributed by atoms with E-state index in [1.807, 2.05) is 6.20 Å². The average Bonchev–Trinajstić information content (AvgIpc) is 2.54. The van der Waals surface area contributed by atoms with E-state index in [0.717, 1.165) is 25.1 Å². The van der Waals surface area contributed by atoms with E-state index in [4.69, 9.17) is 5.73 Å². The molecule has 0 saturated carbocycles. The van der Waals surface area contributed by atoms with Crippen LogP contribution in [0.3, 0.4) is 0 Å². The first kappa shape index (κ1) is 10.2. The Kier molecular flexibility index (Phi) is 2.61. The van der Waals surface area contributed by atoms with Crippen molar-refractivity contribution in [3.8, 4) is 0 Å². The van der Waals surface area contributed by atoms with Crippen molar-refractivity contribution in [2.24, 2.45) is 5.73 Å². The number of hydrogen-bond donors (Lipinski definition) is 1. The lowest BCUT2D eigenvalue weighted by Gasteiger charge is -2.37. The molecule has 1 aromatic rings. The molecule has 0 aliphatic carbocycles. The molecule has 0 spiro atoms. The maximum Gasteiger partial charge on any atom is 0.0727 e. The number of rotatable bonds is 2. The van der Waals surface area contributed by atoms with Crippen LogP contribution in [-0.2, 0) is 6.54 Å². The Morgan fingerprint density at radius 1 is 1.25 bits per heavy atom. The fourth-order valence-corrected chi connectivity index (χ4v) is 3.17. The lowest BCUT2D eigenvalue weighted by molar-refractivity contribution is 0.118. The molecule has 2 atom stereocenters. The van der Waals surface area contributed by atoms with Crippen molar-refractivity contribution in [1.82, 2.24) is 14.9 Å². The molecule has 0 radical (unpaired) electrons. The molecule has 2 bridgehead atoms. The summed E-state index contributed by atoms with van der Waals surface area (Å²) in [5.41, 5.74) is 7.14. The Hall–Kier alpha value is -1.00. The average molecular weight is 218 g/mol. The molecule has 2 saturated heterocycles. The second-order valence-electron chi connectivity index (χ2n) is 4.99. The summed E-state index contributed by atoms with van der Waals surface area (Å²) in [4.78, 5) is 11.1. The Labute approximate surface area is 95.9 Å². The smallest absolute Gasteiger partial charge is 0.0727 e. The monoisotopic (exact) mass is 218 g/mol. The zero-order chi connectivity index (χ0) is 11.0. The van der Waals surface area contributed by atoms with Gasteiger partial charge in [-0.05, 0) is 25.7 Å². The Bertz CT molecular complexity index is 339. The predicted molar refractivity (Wildman–Crippen MR) is 61.6 cm³/mol. The van der Waals surface area contributed by atoms with Crippen LogP contribution in [0.4, 0.5) is 0 Å². The molecule has 16 heavy (non-hydrogen) atoms. The summed E-state index contributed by atoms with van der Waals surface area (Å²) in [6.07, 6.45) is 10.3. The van der Waals surface area contributed by atoms with E-state index in [1.54, 1.807) is 12.4 Å². The van der Waals surface area contributed by atoms with E-state index < -0.39 is 0 Å². The highest BCUT2D eigenvalue weighted by Gasteiger charge is 2.39. The third-order valence-electron chi connectivity index (χ3n) is 3.88. The highest BCUT2D eigenvalue weighted by atomic mass is 15.2. The summed E-state index contributed by atoms with van der Waals surface area (Å²) in [5.74, 6) is 0. The molecule has 0 aromatic carbocycles. The van der Waals surface area contributed by atoms with Gasteiger partial charge in [0.05, 0.1) is 5.69 Å². The van der Waals surface area contributed by atoms with Crippen molar-refractivity contribution in [2.45, 2.75) is 50.4 Å². The summed E-state index contributed by atoms with van der Waals surface area (Å²) in [7, 11) is 0. The zero-order valence-corrected chi connectivity index (χ0v) is 9.42. The van der Waals surface area contributed by atoms with Crippen LogP contribution < -0.4 is 5.73 Å². The third kappa shape index (κ3) is 1.83. The van der Waals surface area contributed by atoms with Crippen LogP contribution in [0, 0.1) is 0 Å². The van der Waals surface area contributed by atoms with Gasteiger partial charge in [-0.3, -0.25) is 14.9 Å². The van der Waals surface area contributed by atoms with Gasteiger partial charge in [0.1, 0.15) is 0 Å². The van der Waals surface area contributed by atoms with Gasteiger partial charge in [-0.2, -0.15) is 0 Å². The third-order valence-corrected chi connectivity index (χ3v) is 3.88. The second kappa shape index (κ2) is 4.11. The minimum atomic E-state index is 0.413. The van der Waals surface area contributed by atoms with Crippen molar-refractivity contribution in [3.63, 3.8) is 0 Å². The van der Waals surface area contributed by atoms with Crippen molar-refractivity contribution in [2.75, 3.05) is 0 Å². The minimum absolute atomic E-state index is 0.413. The van der Waals surface area contributed by atoms with Crippen molar-refractivity contribution >= 4 is 0 Å². The number of fused-ring (bicyclic) bond motifs is 2. The van der Waals surface area contributed by atoms with Crippen LogP contribution >= 0.6 is 0 Å². The first-order valence-corrected chi connectivity index (χ1v) is 6.09. The molecule has 2 aliphatic rings. The fraction of sp³-hybridized carbons (Fsp3) is 0.667. The van der Waals surface area contributed by atoms with Gasteiger partial charge in [-0.1, -0.05) is 0 Å². The molecular weight excluding hydrogens is 200 g/mol.